The molecular formula is C69H127N23O16. The summed E-state index contributed by atoms with van der Waals surface area (Å²) in [6, 6.07) is -14.9. The van der Waals surface area contributed by atoms with Gasteiger partial charge in [0.1, 0.15) is 66.5 Å². The monoisotopic (exact) mass is 1530 g/mol. The number of unbranched alkanes of at least 4 members (excludes halogenated alkanes) is 2. The van der Waals surface area contributed by atoms with Crippen LogP contribution in [0.4, 0.5) is 0 Å². The van der Waals surface area contributed by atoms with E-state index in [9.17, 15) is 77.0 Å². The van der Waals surface area contributed by atoms with Crippen LogP contribution in [-0.4, -0.2) is 224 Å². The summed E-state index contributed by atoms with van der Waals surface area (Å²) in [7, 11) is 0. The number of hydrogen-bond acceptors (Lipinski definition) is 20. The Kier molecular flexibility index (Phi) is 46.2. The predicted octanol–water partition coefficient (Wildman–Crippen LogP) is -5.51. The number of aliphatic carboxylic acids is 1. The van der Waals surface area contributed by atoms with Gasteiger partial charge in [-0.1, -0.05) is 82.1 Å². The van der Waals surface area contributed by atoms with Gasteiger partial charge in [0.25, 0.3) is 0 Å². The fraction of sp³-hybridized carbons (Fsp3) is 0.754. The van der Waals surface area contributed by atoms with Crippen LogP contribution in [0.1, 0.15) is 185 Å². The highest BCUT2D eigenvalue weighted by Crippen LogP contribution is 2.16. The predicted molar refractivity (Wildman–Crippen MR) is 404 cm³/mol. The Bertz CT molecular complexity index is 3010. The van der Waals surface area contributed by atoms with Crippen molar-refractivity contribution in [3.05, 3.63) is 0 Å². The van der Waals surface area contributed by atoms with Crippen molar-refractivity contribution in [3.8, 4) is 0 Å². The summed E-state index contributed by atoms with van der Waals surface area (Å²) < 4.78 is 0. The van der Waals surface area contributed by atoms with Crippen LogP contribution < -0.4 is 115 Å². The summed E-state index contributed by atoms with van der Waals surface area (Å²) in [6.07, 6.45) is 3.45. The van der Waals surface area contributed by atoms with Gasteiger partial charge in [0.05, 0.1) is 19.1 Å². The van der Waals surface area contributed by atoms with Gasteiger partial charge in [0, 0.05) is 19.5 Å². The second kappa shape index (κ2) is 51.7. The lowest BCUT2D eigenvalue weighted by Gasteiger charge is -2.30. The number of carboxylic acids is 1. The summed E-state index contributed by atoms with van der Waals surface area (Å²) in [6.45, 7) is 17.9. The number of guanidine groups is 2. The summed E-state index contributed by atoms with van der Waals surface area (Å²) in [5.74, 6) is -15.4. The first-order valence-corrected chi connectivity index (χ1v) is 37.5. The summed E-state index contributed by atoms with van der Waals surface area (Å²) in [4.78, 5) is 212. The molecule has 1 aliphatic heterocycles. The number of carboxylic acid groups (broad SMARTS) is 1. The molecule has 0 radical (unpaired) electrons. The first-order chi connectivity index (χ1) is 50.8. The molecule has 39 nitrogen and oxygen atoms in total. The minimum Gasteiger partial charge on any atom is -0.480 e. The maximum Gasteiger partial charge on any atom is 0.326 e. The van der Waals surface area contributed by atoms with Crippen LogP contribution in [0.15, 0.2) is 9.98 Å². The Morgan fingerprint density at radius 2 is 0.815 bits per heavy atom. The third-order valence-electron chi connectivity index (χ3n) is 18.0. The number of primary amides is 1. The molecule has 614 valence electrons. The topological polar surface area (TPSA) is 652 Å². The van der Waals surface area contributed by atoms with Gasteiger partial charge in [0.2, 0.25) is 82.7 Å². The summed E-state index contributed by atoms with van der Waals surface area (Å²) >= 11 is 0. The van der Waals surface area contributed by atoms with E-state index in [-0.39, 0.29) is 108 Å². The highest BCUT2D eigenvalue weighted by molar-refractivity contribution is 5.99. The van der Waals surface area contributed by atoms with Gasteiger partial charge >= 0.3 is 5.97 Å². The molecule has 39 heteroatoms. The molecule has 0 aliphatic carbocycles. The van der Waals surface area contributed by atoms with Crippen molar-refractivity contribution in [2.24, 2.45) is 79.7 Å². The molecule has 0 unspecified atom stereocenters. The van der Waals surface area contributed by atoms with Gasteiger partial charge in [0.15, 0.2) is 11.9 Å². The van der Waals surface area contributed by atoms with Crippen molar-refractivity contribution >= 4 is 101 Å². The normalized spacial score (nSPS) is 16.2. The largest absolute Gasteiger partial charge is 0.480 e. The quantitative estimate of drug-likeness (QED) is 0.0153. The Morgan fingerprint density at radius 1 is 0.426 bits per heavy atom. The van der Waals surface area contributed by atoms with Crippen molar-refractivity contribution in [3.63, 3.8) is 0 Å². The highest BCUT2D eigenvalue weighted by atomic mass is 16.4. The SMILES string of the molecule is CC[C@H](C)[C@H](NC(=O)[C@@H](NC(=O)[C@@H](NC(=O)[C@H](CCCN=C(N)N)NC(=O)[C@H](CCCCN)NC(=O)[C@H](C)NC(=O)[C@H](CCCN=C(N)N)NC(=O)CNC(=O)[C@@H](NC(=O)[C@H](CCC(N)=O)NC(=O)CNC(=O)[C@H](CC(C)C)NC(=O)[C@H](CCCCN)NC(=O)[C@@H]1CCCN1)[C@@H](C)CC)C(C)C)C(C)C)C(=O)O. The van der Waals surface area contributed by atoms with Gasteiger partial charge in [-0.3, -0.25) is 77.1 Å². The van der Waals surface area contributed by atoms with Crippen LogP contribution >= 0.6 is 0 Å². The average Bonchev–Trinajstić information content (AvgIpc) is 1.00. The maximum atomic E-state index is 14.4. The average molecular weight is 1530 g/mol. The second-order valence-electron chi connectivity index (χ2n) is 28.4. The molecule has 0 spiro atoms. The summed E-state index contributed by atoms with van der Waals surface area (Å²) in [5, 5.41) is 46.6. The van der Waals surface area contributed by atoms with Gasteiger partial charge < -0.3 is 120 Å². The molecule has 0 bridgehead atoms. The molecule has 0 aromatic carbocycles. The van der Waals surface area contributed by atoms with E-state index in [1.54, 1.807) is 55.4 Å². The lowest BCUT2D eigenvalue weighted by molar-refractivity contribution is -0.144. The Hall–Kier alpha value is -9.53. The van der Waals surface area contributed by atoms with Crippen LogP contribution in [-0.2, 0) is 71.9 Å². The van der Waals surface area contributed by atoms with E-state index in [4.69, 9.17) is 40.1 Å². The smallest absolute Gasteiger partial charge is 0.326 e. The minimum atomic E-state index is -1.51. The van der Waals surface area contributed by atoms with E-state index in [2.05, 4.69) is 84.4 Å². The third kappa shape index (κ3) is 37.8. The lowest BCUT2D eigenvalue weighted by Crippen LogP contribution is -2.61. The fourth-order valence-corrected chi connectivity index (χ4v) is 11.2. The standard InChI is InChI=1S/C69H127N23O16/c1-12-39(9)54(91-63(103)47(26-27-49(72)93)84-50(94)34-80-57(97)48(33-36(3)4)88-61(101)45(22-15-17-29-71)86-58(98)42-23-18-30-77-42)64(104)81-35-51(95)83-43(24-19-31-78-68(73)74)59(99)82-41(11)56(96)85-44(21-14-16-28-70)60(100)87-46(25-20-32-79-69(75)76)62(102)89-52(37(5)6)65(105)90-53(38(7)8)66(106)92-55(67(107)108)40(10)13-2/h36-48,52-55,77H,12-35,70-71H2,1-11H3,(H2,72,93)(H,80,97)(H,81,104)(H,82,99)(H,83,95)(H,84,94)(H,85,96)(H,86,98)(H,87,100)(H,88,101)(H,89,102)(H,90,105)(H,91,103)(H,92,106)(H,107,108)(H4,73,74,78)(H4,75,76,79)/t39-,40-,41-,42-,43-,44-,45-,46-,47-,48-,52-,53-,54-,55-/m0/s1. The van der Waals surface area contributed by atoms with Crippen molar-refractivity contribution < 1.29 is 77.0 Å². The molecule has 14 amide bonds. The van der Waals surface area contributed by atoms with E-state index < -0.39 is 198 Å². The van der Waals surface area contributed by atoms with Crippen LogP contribution in [0, 0.1) is 29.6 Å². The number of amides is 14. The molecule has 0 saturated carbocycles. The van der Waals surface area contributed by atoms with Crippen molar-refractivity contribution in [2.75, 3.05) is 45.8 Å². The van der Waals surface area contributed by atoms with E-state index in [0.29, 0.717) is 45.2 Å². The molecule has 1 rings (SSSR count). The molecule has 1 heterocycles. The zero-order chi connectivity index (χ0) is 81.9. The Morgan fingerprint density at radius 3 is 1.24 bits per heavy atom. The lowest BCUT2D eigenvalue weighted by atomic mass is 9.96. The zero-order valence-electron chi connectivity index (χ0n) is 64.8. The van der Waals surface area contributed by atoms with Gasteiger partial charge in [-0.2, -0.15) is 0 Å². The van der Waals surface area contributed by atoms with Gasteiger partial charge in [-0.25, -0.2) is 4.79 Å². The van der Waals surface area contributed by atoms with Crippen LogP contribution in [0.3, 0.4) is 0 Å². The van der Waals surface area contributed by atoms with Crippen LogP contribution in [0.5, 0.6) is 0 Å². The first kappa shape index (κ1) is 96.5. The van der Waals surface area contributed by atoms with Crippen LogP contribution in [0.2, 0.25) is 0 Å². The Labute approximate surface area is 633 Å². The molecule has 1 aliphatic rings. The minimum absolute atomic E-state index is 0.0116. The molecular weight excluding hydrogens is 1410 g/mol. The molecule has 0 aromatic rings. The number of nitrogens with one attached hydrogen (secondary N) is 14. The summed E-state index contributed by atoms with van der Waals surface area (Å²) in [5.41, 5.74) is 39.1. The van der Waals surface area contributed by atoms with E-state index >= 15 is 0 Å². The zero-order valence-corrected chi connectivity index (χ0v) is 64.8. The fourth-order valence-electron chi connectivity index (χ4n) is 11.2. The highest BCUT2D eigenvalue weighted by Gasteiger charge is 2.38. The molecule has 108 heavy (non-hydrogen) atoms. The Balaban J connectivity index is 3.42. The van der Waals surface area contributed by atoms with Crippen molar-refractivity contribution in [1.82, 2.24) is 74.4 Å². The molecule has 1 fully saturated rings. The number of carbonyl (C=O) groups is 15. The number of hydrogen-bond donors (Lipinski definition) is 22. The number of nitrogens with two attached hydrogens (primary N) is 7. The third-order valence-corrected chi connectivity index (χ3v) is 18.0. The molecule has 14 atom stereocenters. The van der Waals surface area contributed by atoms with Gasteiger partial charge in [-0.15, -0.1) is 0 Å². The number of aliphatic imine (C=N–C) groups is 2. The number of carbonyl (C=O) groups excluding carboxylic acids is 14. The van der Waals surface area contributed by atoms with Crippen LogP contribution in [0.25, 0.3) is 0 Å². The van der Waals surface area contributed by atoms with Crippen molar-refractivity contribution in [1.29, 1.82) is 0 Å². The van der Waals surface area contributed by atoms with E-state index in [1.807, 2.05) is 13.8 Å². The number of nitrogens with zero attached hydrogens (tertiary/aromatic N) is 2. The molecule has 0 aromatic heterocycles. The maximum absolute atomic E-state index is 14.4. The van der Waals surface area contributed by atoms with Gasteiger partial charge in [-0.05, 0) is 146 Å². The first-order valence-electron chi connectivity index (χ1n) is 37.5. The van der Waals surface area contributed by atoms with Crippen molar-refractivity contribution in [2.45, 2.75) is 258 Å². The van der Waals surface area contributed by atoms with E-state index in [1.165, 1.54) is 6.92 Å². The molecule has 1 saturated heterocycles. The second-order valence-corrected chi connectivity index (χ2v) is 28.4. The van der Waals surface area contributed by atoms with E-state index in [0.717, 1.165) is 6.42 Å². The number of rotatable bonds is 54. The molecule has 29 N–H and O–H groups in total.